The monoisotopic (exact) mass is 648 g/mol. The Balaban J connectivity index is 1.44. The molecular formula is C36H62N3O7. The van der Waals surface area contributed by atoms with E-state index in [4.69, 9.17) is 14.2 Å². The van der Waals surface area contributed by atoms with Crippen molar-refractivity contribution in [3.63, 3.8) is 0 Å². The summed E-state index contributed by atoms with van der Waals surface area (Å²) in [6.07, 6.45) is 3.31. The molecule has 6 unspecified atom stereocenters. The molecule has 0 aromatic carbocycles. The fourth-order valence-corrected chi connectivity index (χ4v) is 9.28. The highest BCUT2D eigenvalue weighted by atomic mass is 16.5. The Morgan fingerprint density at radius 2 is 1.04 bits per heavy atom. The minimum Gasteiger partial charge on any atom is -0.465 e. The van der Waals surface area contributed by atoms with Gasteiger partial charge in [-0.3, -0.25) is 14.4 Å². The molecular weight excluding hydrogens is 586 g/mol. The molecule has 3 saturated heterocycles. The first-order valence-electron chi connectivity index (χ1n) is 17.4. The summed E-state index contributed by atoms with van der Waals surface area (Å²) < 4.78 is 17.7. The van der Waals surface area contributed by atoms with Gasteiger partial charge in [-0.05, 0) is 122 Å². The summed E-state index contributed by atoms with van der Waals surface area (Å²) in [6, 6.07) is 0. The van der Waals surface area contributed by atoms with Crippen molar-refractivity contribution in [2.75, 3.05) is 19.8 Å². The van der Waals surface area contributed by atoms with Gasteiger partial charge in [0.15, 0.2) is 0 Å². The molecule has 6 atom stereocenters. The summed E-state index contributed by atoms with van der Waals surface area (Å²) in [6.45, 7) is 25.3. The lowest BCUT2D eigenvalue weighted by molar-refractivity contribution is -0.249. The van der Waals surface area contributed by atoms with Crippen LogP contribution < -0.4 is 10.6 Å². The zero-order valence-electron chi connectivity index (χ0n) is 30.6. The van der Waals surface area contributed by atoms with Gasteiger partial charge in [0.2, 0.25) is 0 Å². The predicted octanol–water partition coefficient (Wildman–Crippen LogP) is 5.21. The van der Waals surface area contributed by atoms with Crippen LogP contribution in [0.2, 0.25) is 0 Å². The van der Waals surface area contributed by atoms with Crippen LogP contribution in [-0.2, 0) is 33.8 Å². The summed E-state index contributed by atoms with van der Waals surface area (Å²) in [4.78, 5) is 40.8. The van der Waals surface area contributed by atoms with Crippen molar-refractivity contribution in [1.29, 1.82) is 0 Å². The van der Waals surface area contributed by atoms with Crippen LogP contribution in [-0.4, -0.2) is 76.0 Å². The van der Waals surface area contributed by atoms with Crippen molar-refractivity contribution in [1.82, 2.24) is 15.7 Å². The van der Waals surface area contributed by atoms with Crippen LogP contribution in [0.15, 0.2) is 0 Å². The SMILES string of the molecule is CC1(C)CC(COC(=O)C2CCC(C(=O)OCC3CC(C)(C)NC3(C)C)C(C(=O)OCC3CC(C)(C)N([O])C3(C)C)C2)C(C)(C)N1. The van der Waals surface area contributed by atoms with E-state index in [-0.39, 0.29) is 65.5 Å². The third-order valence-corrected chi connectivity index (χ3v) is 11.8. The first kappa shape index (κ1) is 37.1. The lowest BCUT2D eigenvalue weighted by Gasteiger charge is -2.35. The molecule has 3 heterocycles. The van der Waals surface area contributed by atoms with E-state index < -0.39 is 40.8 Å². The van der Waals surface area contributed by atoms with Crippen molar-refractivity contribution >= 4 is 17.9 Å². The van der Waals surface area contributed by atoms with E-state index in [2.05, 4.69) is 66.0 Å². The van der Waals surface area contributed by atoms with E-state index in [1.165, 1.54) is 0 Å². The first-order valence-corrected chi connectivity index (χ1v) is 17.4. The summed E-state index contributed by atoms with van der Waals surface area (Å²) in [5.74, 6) is -3.15. The molecule has 10 heteroatoms. The Bertz CT molecular complexity index is 1160. The standard InChI is InChI=1S/C36H62N3O7/c1-31(2)16-23(34(7,8)37-31)19-44-28(40)22-13-14-26(29(41)45-20-24-17-32(3,4)38-35(24,9)10)27(15-22)30(42)46-21-25-18-33(5,6)39(43)36(25,11)12/h22-27,37-38H,13-21H2,1-12H3. The smallest absolute Gasteiger partial charge is 0.309 e. The predicted molar refractivity (Wildman–Crippen MR) is 175 cm³/mol. The lowest BCUT2D eigenvalue weighted by atomic mass is 9.74. The highest BCUT2D eigenvalue weighted by Crippen LogP contribution is 2.45. The number of hydrogen-bond acceptors (Lipinski definition) is 9. The minimum atomic E-state index is -0.825. The summed E-state index contributed by atoms with van der Waals surface area (Å²) >= 11 is 0. The minimum absolute atomic E-state index is 0.0421. The van der Waals surface area contributed by atoms with Gasteiger partial charge in [-0.15, -0.1) is 10.3 Å². The number of hydrogen-bond donors (Lipinski definition) is 2. The van der Waals surface area contributed by atoms with Gasteiger partial charge in [-0.25, -0.2) is 0 Å². The average molecular weight is 649 g/mol. The molecule has 4 rings (SSSR count). The Kier molecular flexibility index (Phi) is 10.2. The second kappa shape index (κ2) is 12.6. The fourth-order valence-electron chi connectivity index (χ4n) is 9.28. The number of rotatable bonds is 9. The Labute approximate surface area is 277 Å². The summed E-state index contributed by atoms with van der Waals surface area (Å²) in [5.41, 5.74) is -1.73. The number of nitrogens with one attached hydrogen (secondary N) is 2. The third-order valence-electron chi connectivity index (χ3n) is 11.8. The van der Waals surface area contributed by atoms with Crippen LogP contribution in [0.5, 0.6) is 0 Å². The molecule has 2 N–H and O–H groups in total. The highest BCUT2D eigenvalue weighted by molar-refractivity contribution is 5.84. The molecule has 10 nitrogen and oxygen atoms in total. The normalized spacial score (nSPS) is 35.4. The van der Waals surface area contributed by atoms with E-state index in [0.29, 0.717) is 25.9 Å². The molecule has 0 aromatic heterocycles. The number of esters is 3. The largest absolute Gasteiger partial charge is 0.465 e. The molecule has 3 aliphatic heterocycles. The van der Waals surface area contributed by atoms with E-state index in [9.17, 15) is 19.6 Å². The molecule has 4 fully saturated rings. The molecule has 0 aromatic rings. The van der Waals surface area contributed by atoms with Gasteiger partial charge in [0.25, 0.3) is 0 Å². The van der Waals surface area contributed by atoms with Crippen molar-refractivity contribution in [3.05, 3.63) is 0 Å². The quantitative estimate of drug-likeness (QED) is 0.256. The van der Waals surface area contributed by atoms with Crippen LogP contribution >= 0.6 is 0 Å². The number of nitrogens with zero attached hydrogens (tertiary/aromatic N) is 1. The molecule has 1 aliphatic carbocycles. The van der Waals surface area contributed by atoms with Crippen LogP contribution in [0.1, 0.15) is 122 Å². The molecule has 1 saturated carbocycles. The van der Waals surface area contributed by atoms with Crippen LogP contribution in [0.3, 0.4) is 0 Å². The lowest BCUT2D eigenvalue weighted by Crippen LogP contribution is -2.47. The van der Waals surface area contributed by atoms with Gasteiger partial charge in [0.1, 0.15) is 0 Å². The van der Waals surface area contributed by atoms with Crippen LogP contribution in [0.25, 0.3) is 0 Å². The highest BCUT2D eigenvalue weighted by Gasteiger charge is 2.53. The van der Waals surface area contributed by atoms with Gasteiger partial charge < -0.3 is 24.8 Å². The van der Waals surface area contributed by atoms with E-state index >= 15 is 0 Å². The van der Waals surface area contributed by atoms with E-state index in [0.717, 1.165) is 17.9 Å². The van der Waals surface area contributed by atoms with Crippen molar-refractivity contribution in [3.8, 4) is 0 Å². The Morgan fingerprint density at radius 1 is 0.609 bits per heavy atom. The summed E-state index contributed by atoms with van der Waals surface area (Å²) in [7, 11) is 0. The maximum absolute atomic E-state index is 13.8. The zero-order valence-corrected chi connectivity index (χ0v) is 30.6. The van der Waals surface area contributed by atoms with E-state index in [1.54, 1.807) is 0 Å². The van der Waals surface area contributed by atoms with Gasteiger partial charge in [0, 0.05) is 45.4 Å². The molecule has 1 radical (unpaired) electrons. The Morgan fingerprint density at radius 3 is 1.46 bits per heavy atom. The van der Waals surface area contributed by atoms with Crippen LogP contribution in [0.4, 0.5) is 0 Å². The first-order chi connectivity index (χ1) is 20.9. The maximum atomic E-state index is 13.8. The van der Waals surface area contributed by atoms with Crippen LogP contribution in [0, 0.1) is 35.5 Å². The Hall–Kier alpha value is -1.75. The zero-order chi connectivity index (χ0) is 34.7. The third kappa shape index (κ3) is 7.92. The van der Waals surface area contributed by atoms with Gasteiger partial charge in [-0.1, -0.05) is 0 Å². The van der Waals surface area contributed by atoms with Crippen molar-refractivity contribution in [2.45, 2.75) is 155 Å². The van der Waals surface area contributed by atoms with Crippen molar-refractivity contribution in [2.24, 2.45) is 35.5 Å². The van der Waals surface area contributed by atoms with Gasteiger partial charge in [0.05, 0.1) is 43.1 Å². The fraction of sp³-hybridized carbons (Fsp3) is 0.917. The molecule has 0 spiro atoms. The average Bonchev–Trinajstić information content (AvgIpc) is 3.35. The van der Waals surface area contributed by atoms with Crippen molar-refractivity contribution < 1.29 is 33.8 Å². The molecule has 4 aliphatic rings. The topological polar surface area (TPSA) is 126 Å². The number of carbonyl (C=O) groups is 3. The molecule has 0 bridgehead atoms. The number of ether oxygens (including phenoxy) is 3. The van der Waals surface area contributed by atoms with E-state index in [1.807, 2.05) is 27.7 Å². The molecule has 263 valence electrons. The summed E-state index contributed by atoms with van der Waals surface area (Å²) in [5, 5.41) is 21.3. The second-order valence-electron chi connectivity index (χ2n) is 18.5. The maximum Gasteiger partial charge on any atom is 0.309 e. The van der Waals surface area contributed by atoms with Gasteiger partial charge in [-0.2, -0.15) is 0 Å². The molecule has 0 amide bonds. The molecule has 46 heavy (non-hydrogen) atoms. The number of carbonyl (C=O) groups excluding carboxylic acids is 3. The van der Waals surface area contributed by atoms with Gasteiger partial charge >= 0.3 is 17.9 Å². The number of hydroxylamine groups is 2. The second-order valence-corrected chi connectivity index (χ2v) is 18.5.